The molecule has 1 aliphatic rings. The Morgan fingerprint density at radius 2 is 2.20 bits per heavy atom. The third-order valence-electron chi connectivity index (χ3n) is 2.54. The quantitative estimate of drug-likeness (QED) is 0.740. The van der Waals surface area contributed by atoms with Gasteiger partial charge in [0.15, 0.2) is 0 Å². The molecule has 1 heterocycles. The zero-order valence-corrected chi connectivity index (χ0v) is 12.4. The number of rotatable bonds is 3. The van der Waals surface area contributed by atoms with Crippen molar-refractivity contribution in [2.45, 2.75) is 26.7 Å². The molecule has 2 nitrogen and oxygen atoms in total. The van der Waals surface area contributed by atoms with E-state index >= 15 is 0 Å². The summed E-state index contributed by atoms with van der Waals surface area (Å²) in [6.45, 7) is 4.40. The fourth-order valence-corrected chi connectivity index (χ4v) is 2.70. The Morgan fingerprint density at radius 1 is 1.53 bits per heavy atom. The van der Waals surface area contributed by atoms with Gasteiger partial charge in [0.2, 0.25) is 0 Å². The average molecular weight is 375 g/mol. The van der Waals surface area contributed by atoms with Crippen LogP contribution in [0.4, 0.5) is 0 Å². The first-order valence-electron chi connectivity index (χ1n) is 5.17. The van der Waals surface area contributed by atoms with Gasteiger partial charge in [0, 0.05) is 0 Å². The molecule has 1 amide bonds. The number of hydrogen-bond acceptors (Lipinski definition) is 1. The minimum atomic E-state index is 0.212. The number of amides is 1. The predicted molar refractivity (Wildman–Crippen MR) is 59.1 cm³/mol. The summed E-state index contributed by atoms with van der Waals surface area (Å²) in [6, 6.07) is 0. The van der Waals surface area contributed by atoms with Crippen LogP contribution in [-0.4, -0.2) is 22.3 Å². The second-order valence-corrected chi connectivity index (χ2v) is 4.97. The summed E-state index contributed by atoms with van der Waals surface area (Å²) >= 11 is 1.48. The van der Waals surface area contributed by atoms with E-state index < -0.39 is 0 Å². The molecule has 0 aromatic rings. The zero-order valence-electron chi connectivity index (χ0n) is 9.49. The van der Waals surface area contributed by atoms with Gasteiger partial charge in [0.25, 0.3) is 0 Å². The fraction of sp³-hybridized carbons (Fsp3) is 0.500. The molecule has 0 N–H and O–H groups in total. The van der Waals surface area contributed by atoms with Crippen molar-refractivity contribution in [1.29, 1.82) is 0 Å². The molecule has 0 saturated heterocycles. The van der Waals surface area contributed by atoms with Crippen LogP contribution in [0.5, 0.6) is 0 Å². The Morgan fingerprint density at radius 3 is 2.67 bits per heavy atom. The van der Waals surface area contributed by atoms with Gasteiger partial charge in [-0.3, -0.25) is 0 Å². The van der Waals surface area contributed by atoms with E-state index in [1.807, 2.05) is 13.2 Å². The first kappa shape index (κ1) is 12.6. The third kappa shape index (κ3) is 3.53. The van der Waals surface area contributed by atoms with Gasteiger partial charge in [0.05, 0.1) is 0 Å². The van der Waals surface area contributed by atoms with Crippen LogP contribution in [0.3, 0.4) is 0 Å². The molecule has 1 rings (SSSR count). The number of allylic oxidation sites excluding steroid dienone is 3. The fourth-order valence-electron chi connectivity index (χ4n) is 1.47. The van der Waals surface area contributed by atoms with Crippen molar-refractivity contribution in [3.63, 3.8) is 0 Å². The first-order chi connectivity index (χ1) is 7.04. The van der Waals surface area contributed by atoms with Crippen molar-refractivity contribution in [3.05, 3.63) is 23.4 Å². The van der Waals surface area contributed by atoms with E-state index in [1.54, 1.807) is 4.90 Å². The van der Waals surface area contributed by atoms with Gasteiger partial charge in [-0.25, -0.2) is 0 Å². The maximum atomic E-state index is 11.3. The van der Waals surface area contributed by atoms with Crippen molar-refractivity contribution in [2.75, 3.05) is 7.05 Å². The number of carbonyl (C=O) groups excluding carboxylic acids is 1. The van der Waals surface area contributed by atoms with Crippen LogP contribution >= 0.6 is 0 Å². The summed E-state index contributed by atoms with van der Waals surface area (Å²) in [6.07, 6.45) is 5.69. The van der Waals surface area contributed by atoms with Crippen LogP contribution in [-0.2, 0) is 24.1 Å². The van der Waals surface area contributed by atoms with E-state index in [2.05, 4.69) is 24.3 Å². The Labute approximate surface area is 102 Å². The topological polar surface area (TPSA) is 20.3 Å². The summed E-state index contributed by atoms with van der Waals surface area (Å²) in [7, 11) is 1.82. The van der Waals surface area contributed by atoms with Gasteiger partial charge in [-0.15, -0.1) is 0 Å². The van der Waals surface area contributed by atoms with Crippen molar-refractivity contribution in [2.24, 2.45) is 5.92 Å². The molecule has 0 unspecified atom stereocenters. The van der Waals surface area contributed by atoms with E-state index in [0.717, 1.165) is 6.42 Å². The number of hydrogen-bond donors (Lipinski definition) is 0. The minimum absolute atomic E-state index is 0.212. The van der Waals surface area contributed by atoms with Crippen LogP contribution in [0, 0.1) is 5.92 Å². The van der Waals surface area contributed by atoms with Crippen LogP contribution in [0.25, 0.3) is 0 Å². The predicted octanol–water partition coefficient (Wildman–Crippen LogP) is 2.05. The molecule has 0 aliphatic carbocycles. The Bertz CT molecular complexity index is 329. The van der Waals surface area contributed by atoms with Crippen LogP contribution < -0.4 is 0 Å². The van der Waals surface area contributed by atoms with E-state index in [4.69, 9.17) is 0 Å². The molecule has 0 atom stereocenters. The van der Waals surface area contributed by atoms with Gasteiger partial charge < -0.3 is 0 Å². The van der Waals surface area contributed by atoms with Gasteiger partial charge in [-0.05, 0) is 0 Å². The molecule has 0 radical (unpaired) electrons. The van der Waals surface area contributed by atoms with Crippen molar-refractivity contribution in [3.8, 4) is 0 Å². The second-order valence-electron chi connectivity index (χ2n) is 4.13. The summed E-state index contributed by atoms with van der Waals surface area (Å²) in [5.41, 5.74) is 2.64. The Balaban J connectivity index is 2.86. The molecule has 0 aromatic heterocycles. The molecular formula is C12H17NOW. The molecule has 0 bridgehead atoms. The standard InChI is InChI=1S/C12H17NO.W/c1-9(2)10(3)7-11-5-6-12(14)13(4)8-11;/h3,7-9H,5-6H2,1-2,4H3;/b10-7+;. The van der Waals surface area contributed by atoms with Gasteiger partial charge in [0.1, 0.15) is 0 Å². The second kappa shape index (κ2) is 5.55. The normalized spacial score (nSPS) is 18.1. The SMILES string of the molecule is CC(C)/C([CH]=[W])=C/C1=CN(C)C(=O)CC1. The third-order valence-corrected chi connectivity index (χ3v) is 3.51. The molecule has 1 aliphatic heterocycles. The number of nitrogens with zero attached hydrogens (tertiary/aromatic N) is 1. The molecular weight excluding hydrogens is 358 g/mol. The number of carbonyl (C=O) groups is 1. The van der Waals surface area contributed by atoms with E-state index in [-0.39, 0.29) is 5.91 Å². The molecule has 82 valence electrons. The first-order valence-corrected chi connectivity index (χ1v) is 6.87. The van der Waals surface area contributed by atoms with Crippen LogP contribution in [0.1, 0.15) is 26.7 Å². The van der Waals surface area contributed by atoms with Crippen LogP contribution in [0.2, 0.25) is 0 Å². The van der Waals surface area contributed by atoms with Gasteiger partial charge >= 0.3 is 102 Å². The van der Waals surface area contributed by atoms with Crippen molar-refractivity contribution >= 4 is 10.3 Å². The Kier molecular flexibility index (Phi) is 4.66. The molecule has 0 aromatic carbocycles. The molecule has 15 heavy (non-hydrogen) atoms. The Hall–Kier alpha value is -0.492. The summed E-state index contributed by atoms with van der Waals surface area (Å²) in [5, 5.41) is 0. The average Bonchev–Trinajstić information content (AvgIpc) is 2.19. The van der Waals surface area contributed by atoms with Crippen molar-refractivity contribution in [1.82, 2.24) is 4.90 Å². The molecule has 0 spiro atoms. The maximum absolute atomic E-state index is 11.3. The zero-order chi connectivity index (χ0) is 11.4. The summed E-state index contributed by atoms with van der Waals surface area (Å²) in [4.78, 5) is 13.0. The summed E-state index contributed by atoms with van der Waals surface area (Å²) in [5.74, 6) is 0.774. The monoisotopic (exact) mass is 375 g/mol. The van der Waals surface area contributed by atoms with Crippen molar-refractivity contribution < 1.29 is 24.1 Å². The summed E-state index contributed by atoms with van der Waals surface area (Å²) < 4.78 is 2.22. The molecule has 0 fully saturated rings. The van der Waals surface area contributed by atoms with Gasteiger partial charge in [-0.2, -0.15) is 0 Å². The molecule has 3 heteroatoms. The van der Waals surface area contributed by atoms with E-state index in [9.17, 15) is 4.79 Å². The van der Waals surface area contributed by atoms with E-state index in [0.29, 0.717) is 12.3 Å². The van der Waals surface area contributed by atoms with E-state index in [1.165, 1.54) is 30.5 Å². The molecule has 0 saturated carbocycles. The van der Waals surface area contributed by atoms with Crippen LogP contribution in [0.15, 0.2) is 23.4 Å². The van der Waals surface area contributed by atoms with Gasteiger partial charge in [-0.1, -0.05) is 0 Å².